The van der Waals surface area contributed by atoms with Crippen LogP contribution in [0.4, 0.5) is 0 Å². The number of amides is 1. The van der Waals surface area contributed by atoms with Crippen LogP contribution < -0.4 is 10.9 Å². The summed E-state index contributed by atoms with van der Waals surface area (Å²) in [4.78, 5) is 25.1. The van der Waals surface area contributed by atoms with E-state index < -0.39 is 21.3 Å². The molecule has 1 aliphatic heterocycles. The third-order valence-corrected chi connectivity index (χ3v) is 4.74. The van der Waals surface area contributed by atoms with Crippen LogP contribution >= 0.6 is 11.6 Å². The first kappa shape index (κ1) is 13.1. The molecular formula is C10H11ClN2O4S. The molecule has 1 aromatic heterocycles. The summed E-state index contributed by atoms with van der Waals surface area (Å²) in [6.45, 7) is 0. The van der Waals surface area contributed by atoms with Crippen LogP contribution in [0.25, 0.3) is 0 Å². The number of carbonyl (C=O) groups is 1. The molecule has 18 heavy (non-hydrogen) atoms. The summed E-state index contributed by atoms with van der Waals surface area (Å²) in [6.07, 6.45) is 1.65. The lowest BCUT2D eigenvalue weighted by molar-refractivity contribution is 0.0940. The van der Waals surface area contributed by atoms with E-state index >= 15 is 0 Å². The number of hydrogen-bond acceptors (Lipinski definition) is 4. The van der Waals surface area contributed by atoms with Gasteiger partial charge in [-0.1, -0.05) is 11.6 Å². The quantitative estimate of drug-likeness (QED) is 0.798. The van der Waals surface area contributed by atoms with E-state index in [2.05, 4.69) is 10.3 Å². The molecule has 0 bridgehead atoms. The smallest absolute Gasteiger partial charge is 0.266 e. The van der Waals surface area contributed by atoms with Gasteiger partial charge in [-0.2, -0.15) is 0 Å². The lowest BCUT2D eigenvalue weighted by atomic mass is 10.2. The molecule has 0 saturated carbocycles. The summed E-state index contributed by atoms with van der Waals surface area (Å²) >= 11 is 5.60. The Bertz CT molecular complexity index is 638. The highest BCUT2D eigenvalue weighted by atomic mass is 35.5. The van der Waals surface area contributed by atoms with Gasteiger partial charge in [-0.25, -0.2) is 8.42 Å². The molecule has 6 nitrogen and oxygen atoms in total. The number of carbonyl (C=O) groups excluding carboxylic acids is 1. The monoisotopic (exact) mass is 290 g/mol. The summed E-state index contributed by atoms with van der Waals surface area (Å²) < 4.78 is 22.5. The second kappa shape index (κ2) is 4.74. The van der Waals surface area contributed by atoms with Crippen LogP contribution in [-0.2, 0) is 9.84 Å². The van der Waals surface area contributed by atoms with E-state index in [1.165, 1.54) is 12.3 Å². The van der Waals surface area contributed by atoms with E-state index in [1.807, 2.05) is 0 Å². The molecule has 98 valence electrons. The minimum atomic E-state index is -3.04. The molecule has 1 fully saturated rings. The number of H-pyrrole nitrogens is 1. The Labute approximate surface area is 108 Å². The predicted molar refractivity (Wildman–Crippen MR) is 66.6 cm³/mol. The fourth-order valence-electron chi connectivity index (χ4n) is 1.76. The van der Waals surface area contributed by atoms with Crippen molar-refractivity contribution in [1.82, 2.24) is 10.3 Å². The van der Waals surface area contributed by atoms with Gasteiger partial charge in [-0.3, -0.25) is 9.59 Å². The molecule has 1 atom stereocenters. The second-order valence-electron chi connectivity index (χ2n) is 4.14. The lowest BCUT2D eigenvalue weighted by Gasteiger charge is -2.10. The van der Waals surface area contributed by atoms with Crippen molar-refractivity contribution in [3.63, 3.8) is 0 Å². The first-order valence-corrected chi connectivity index (χ1v) is 7.47. The number of aromatic nitrogens is 1. The summed E-state index contributed by atoms with van der Waals surface area (Å²) in [6, 6.07) is 0.868. The van der Waals surface area contributed by atoms with Crippen molar-refractivity contribution in [3.05, 3.63) is 33.2 Å². The number of rotatable bonds is 2. The maximum atomic E-state index is 11.8. The molecule has 2 rings (SSSR count). The number of pyridine rings is 1. The van der Waals surface area contributed by atoms with Crippen LogP contribution in [0.5, 0.6) is 0 Å². The molecule has 1 aromatic rings. The van der Waals surface area contributed by atoms with Gasteiger partial charge in [0.1, 0.15) is 5.02 Å². The number of nitrogens with one attached hydrogen (secondary N) is 2. The van der Waals surface area contributed by atoms with E-state index in [1.54, 1.807) is 0 Å². The molecule has 1 unspecified atom stereocenters. The van der Waals surface area contributed by atoms with Crippen LogP contribution in [0.2, 0.25) is 5.02 Å². The van der Waals surface area contributed by atoms with Crippen molar-refractivity contribution < 1.29 is 13.2 Å². The number of hydrogen-bond donors (Lipinski definition) is 2. The van der Waals surface area contributed by atoms with E-state index in [4.69, 9.17) is 11.6 Å². The molecule has 1 saturated heterocycles. The van der Waals surface area contributed by atoms with Gasteiger partial charge in [-0.15, -0.1) is 0 Å². The Balaban J connectivity index is 2.09. The summed E-state index contributed by atoms with van der Waals surface area (Å²) in [7, 11) is -3.04. The van der Waals surface area contributed by atoms with Crippen LogP contribution in [0.15, 0.2) is 17.1 Å². The fourth-order valence-corrected chi connectivity index (χ4v) is 3.61. The Morgan fingerprint density at radius 1 is 1.50 bits per heavy atom. The van der Waals surface area contributed by atoms with E-state index in [-0.39, 0.29) is 28.1 Å². The van der Waals surface area contributed by atoms with Crippen LogP contribution in [-0.4, -0.2) is 36.9 Å². The normalized spacial score (nSPS) is 21.7. The number of sulfone groups is 1. The topological polar surface area (TPSA) is 96.1 Å². The predicted octanol–water partition coefficient (Wildman–Crippen LogP) is -0.0548. The molecule has 0 aromatic carbocycles. The Hall–Kier alpha value is -1.34. The Kier molecular flexibility index (Phi) is 3.45. The zero-order valence-electron chi connectivity index (χ0n) is 9.27. The maximum absolute atomic E-state index is 11.8. The van der Waals surface area contributed by atoms with Gasteiger partial charge >= 0.3 is 0 Å². The zero-order valence-corrected chi connectivity index (χ0v) is 10.8. The van der Waals surface area contributed by atoms with E-state index in [0.717, 1.165) is 0 Å². The van der Waals surface area contributed by atoms with Crippen molar-refractivity contribution in [2.24, 2.45) is 0 Å². The molecule has 8 heteroatoms. The molecule has 0 radical (unpaired) electrons. The molecule has 0 aliphatic carbocycles. The highest BCUT2D eigenvalue weighted by molar-refractivity contribution is 7.91. The summed E-state index contributed by atoms with van der Waals surface area (Å²) in [5, 5.41) is 2.52. The minimum absolute atomic E-state index is 0.0458. The highest BCUT2D eigenvalue weighted by Crippen LogP contribution is 2.12. The number of halogens is 1. The van der Waals surface area contributed by atoms with Gasteiger partial charge in [0.2, 0.25) is 0 Å². The van der Waals surface area contributed by atoms with Gasteiger partial charge in [0.15, 0.2) is 9.84 Å². The van der Waals surface area contributed by atoms with Crippen molar-refractivity contribution in [2.45, 2.75) is 12.5 Å². The third kappa shape index (κ3) is 2.91. The van der Waals surface area contributed by atoms with Gasteiger partial charge in [0.25, 0.3) is 11.5 Å². The van der Waals surface area contributed by atoms with Gasteiger partial charge in [0.05, 0.1) is 17.1 Å². The SMILES string of the molecule is O=C(NC1CCS(=O)(=O)C1)c1c[nH]c(=O)c(Cl)c1. The zero-order chi connectivity index (χ0) is 13.3. The largest absolute Gasteiger partial charge is 0.348 e. The van der Waals surface area contributed by atoms with Crippen LogP contribution in [0, 0.1) is 0 Å². The van der Waals surface area contributed by atoms with Crippen LogP contribution in [0.3, 0.4) is 0 Å². The molecule has 1 amide bonds. The fraction of sp³-hybridized carbons (Fsp3) is 0.400. The van der Waals surface area contributed by atoms with Gasteiger partial charge in [0, 0.05) is 12.2 Å². The van der Waals surface area contributed by atoms with E-state index in [9.17, 15) is 18.0 Å². The average molecular weight is 291 g/mol. The Morgan fingerprint density at radius 3 is 2.78 bits per heavy atom. The molecule has 1 aliphatic rings. The van der Waals surface area contributed by atoms with E-state index in [0.29, 0.717) is 6.42 Å². The highest BCUT2D eigenvalue weighted by Gasteiger charge is 2.29. The first-order valence-electron chi connectivity index (χ1n) is 5.27. The summed E-state index contributed by atoms with van der Waals surface area (Å²) in [5.74, 6) is -0.407. The first-order chi connectivity index (χ1) is 8.37. The molecular weight excluding hydrogens is 280 g/mol. The molecule has 2 N–H and O–H groups in total. The average Bonchev–Trinajstić information content (AvgIpc) is 2.62. The molecule has 2 heterocycles. The minimum Gasteiger partial charge on any atom is -0.348 e. The number of aromatic amines is 1. The maximum Gasteiger partial charge on any atom is 0.266 e. The third-order valence-electron chi connectivity index (χ3n) is 2.69. The van der Waals surface area contributed by atoms with Gasteiger partial charge in [-0.05, 0) is 12.5 Å². The van der Waals surface area contributed by atoms with Crippen molar-refractivity contribution in [1.29, 1.82) is 0 Å². The second-order valence-corrected chi connectivity index (χ2v) is 6.77. The van der Waals surface area contributed by atoms with Crippen molar-refractivity contribution in [2.75, 3.05) is 11.5 Å². The molecule has 0 spiro atoms. The van der Waals surface area contributed by atoms with Crippen molar-refractivity contribution in [3.8, 4) is 0 Å². The lowest BCUT2D eigenvalue weighted by Crippen LogP contribution is -2.35. The Morgan fingerprint density at radius 2 is 2.22 bits per heavy atom. The standard InChI is InChI=1S/C10H11ClN2O4S/c11-8-3-6(4-12-10(8)15)9(14)13-7-1-2-18(16,17)5-7/h3-4,7H,1-2,5H2,(H,12,15)(H,13,14). The van der Waals surface area contributed by atoms with Crippen molar-refractivity contribution >= 4 is 27.3 Å². The van der Waals surface area contributed by atoms with Gasteiger partial charge < -0.3 is 10.3 Å². The summed E-state index contributed by atoms with van der Waals surface area (Å²) in [5.41, 5.74) is -0.277. The van der Waals surface area contributed by atoms with Crippen LogP contribution in [0.1, 0.15) is 16.8 Å².